The summed E-state index contributed by atoms with van der Waals surface area (Å²) in [6, 6.07) is 12.5. The van der Waals surface area contributed by atoms with Gasteiger partial charge in [-0.2, -0.15) is 4.31 Å². The highest BCUT2D eigenvalue weighted by Crippen LogP contribution is 2.21. The van der Waals surface area contributed by atoms with Gasteiger partial charge in [0.15, 0.2) is 6.61 Å². The van der Waals surface area contributed by atoms with Crippen molar-refractivity contribution < 1.29 is 37.0 Å². The van der Waals surface area contributed by atoms with Crippen LogP contribution in [-0.2, 0) is 35.6 Å². The number of nitrogens with zero attached hydrogens (tertiary/aromatic N) is 3. The second-order valence-electron chi connectivity index (χ2n) is 10.1. The molecule has 0 saturated carbocycles. The van der Waals surface area contributed by atoms with Crippen molar-refractivity contribution in [2.45, 2.75) is 24.4 Å². The minimum atomic E-state index is -3.64. The zero-order valence-electron chi connectivity index (χ0n) is 24.2. The Morgan fingerprint density at radius 1 is 0.929 bits per heavy atom. The number of morpholine rings is 2. The minimum Gasteiger partial charge on any atom is -0.497 e. The Labute approximate surface area is 247 Å². The Hall–Kier alpha value is -3.23. The molecule has 0 aliphatic carbocycles. The first kappa shape index (κ1) is 31.7. The fourth-order valence-electron chi connectivity index (χ4n) is 4.69. The quantitative estimate of drug-likeness (QED) is 0.356. The van der Waals surface area contributed by atoms with E-state index in [0.717, 1.165) is 18.7 Å². The average molecular weight is 605 g/mol. The van der Waals surface area contributed by atoms with Gasteiger partial charge in [0.05, 0.1) is 38.4 Å². The second-order valence-corrected chi connectivity index (χ2v) is 12.0. The van der Waals surface area contributed by atoms with Crippen LogP contribution in [0.2, 0.25) is 0 Å². The summed E-state index contributed by atoms with van der Waals surface area (Å²) in [6.45, 7) is 7.07. The number of rotatable bonds is 13. The van der Waals surface area contributed by atoms with Crippen LogP contribution in [0, 0.1) is 0 Å². The van der Waals surface area contributed by atoms with Crippen LogP contribution in [0.3, 0.4) is 0 Å². The largest absolute Gasteiger partial charge is 0.497 e. The minimum absolute atomic E-state index is 0.145. The van der Waals surface area contributed by atoms with Crippen LogP contribution in [0.15, 0.2) is 53.4 Å². The molecule has 1 N–H and O–H groups in total. The molecule has 1 atom stereocenters. The number of carbonyl (C=O) groups excluding carboxylic acids is 2. The van der Waals surface area contributed by atoms with E-state index in [2.05, 4.69) is 10.2 Å². The Morgan fingerprint density at radius 2 is 1.52 bits per heavy atom. The van der Waals surface area contributed by atoms with Crippen LogP contribution in [0.4, 0.5) is 0 Å². The molecule has 4 rings (SSSR count). The molecule has 2 heterocycles. The number of amides is 2. The zero-order valence-corrected chi connectivity index (χ0v) is 25.0. The summed E-state index contributed by atoms with van der Waals surface area (Å²) in [6.07, 6.45) is 0. The number of methoxy groups -OCH3 is 1. The lowest BCUT2D eigenvalue weighted by atomic mass is 10.1. The van der Waals surface area contributed by atoms with Crippen molar-refractivity contribution in [2.24, 2.45) is 0 Å². The van der Waals surface area contributed by atoms with Crippen LogP contribution in [0.1, 0.15) is 12.5 Å². The van der Waals surface area contributed by atoms with E-state index in [1.54, 1.807) is 26.2 Å². The summed E-state index contributed by atoms with van der Waals surface area (Å²) in [7, 11) is -2.06. The SMILES string of the molecule is COc1ccc(CN(C(=O)COc2ccc(S(=O)(=O)N3CCOCC3)cc2)[C@@H](C)C(=O)NCCN2CCOCC2)cc1. The number of ether oxygens (including phenoxy) is 4. The zero-order chi connectivity index (χ0) is 30.0. The van der Waals surface area contributed by atoms with Gasteiger partial charge in [0.1, 0.15) is 17.5 Å². The molecule has 42 heavy (non-hydrogen) atoms. The van der Waals surface area contributed by atoms with E-state index in [1.165, 1.54) is 33.5 Å². The van der Waals surface area contributed by atoms with E-state index < -0.39 is 16.1 Å². The normalized spacial score (nSPS) is 17.3. The van der Waals surface area contributed by atoms with Crippen molar-refractivity contribution in [3.8, 4) is 11.5 Å². The van der Waals surface area contributed by atoms with Gasteiger partial charge >= 0.3 is 0 Å². The molecule has 2 aromatic carbocycles. The third kappa shape index (κ3) is 8.65. The topological polar surface area (TPSA) is 127 Å². The van der Waals surface area contributed by atoms with Crippen molar-refractivity contribution in [1.29, 1.82) is 0 Å². The highest BCUT2D eigenvalue weighted by Gasteiger charge is 2.28. The summed E-state index contributed by atoms with van der Waals surface area (Å²) in [5.41, 5.74) is 0.829. The molecule has 0 radical (unpaired) electrons. The summed E-state index contributed by atoms with van der Waals surface area (Å²) in [5, 5.41) is 2.95. The smallest absolute Gasteiger partial charge is 0.261 e. The first-order chi connectivity index (χ1) is 20.3. The van der Waals surface area contributed by atoms with Crippen LogP contribution >= 0.6 is 0 Å². The molecule has 2 aromatic rings. The lowest BCUT2D eigenvalue weighted by molar-refractivity contribution is -0.142. The summed E-state index contributed by atoms with van der Waals surface area (Å²) >= 11 is 0. The molecule has 0 unspecified atom stereocenters. The van der Waals surface area contributed by atoms with Crippen LogP contribution < -0.4 is 14.8 Å². The highest BCUT2D eigenvalue weighted by molar-refractivity contribution is 7.89. The van der Waals surface area contributed by atoms with E-state index in [-0.39, 0.29) is 29.9 Å². The number of carbonyl (C=O) groups is 2. The first-order valence-electron chi connectivity index (χ1n) is 14.1. The predicted molar refractivity (Wildman–Crippen MR) is 155 cm³/mol. The van der Waals surface area contributed by atoms with Crippen molar-refractivity contribution in [3.63, 3.8) is 0 Å². The number of sulfonamides is 1. The molecule has 0 bridgehead atoms. The maximum Gasteiger partial charge on any atom is 0.261 e. The Balaban J connectivity index is 1.38. The van der Waals surface area contributed by atoms with Gasteiger partial charge in [-0.1, -0.05) is 12.1 Å². The molecular weight excluding hydrogens is 564 g/mol. The number of nitrogens with one attached hydrogen (secondary N) is 1. The molecular formula is C29H40N4O8S. The second kappa shape index (κ2) is 15.3. The van der Waals surface area contributed by atoms with Crippen LogP contribution in [0.5, 0.6) is 11.5 Å². The number of hydrogen-bond donors (Lipinski definition) is 1. The molecule has 0 aromatic heterocycles. The van der Waals surface area contributed by atoms with E-state index in [9.17, 15) is 18.0 Å². The van der Waals surface area contributed by atoms with Gasteiger partial charge in [0.2, 0.25) is 15.9 Å². The fourth-order valence-corrected chi connectivity index (χ4v) is 6.10. The van der Waals surface area contributed by atoms with Gasteiger partial charge in [0.25, 0.3) is 5.91 Å². The van der Waals surface area contributed by atoms with E-state index >= 15 is 0 Å². The number of hydrogen-bond acceptors (Lipinski definition) is 9. The molecule has 2 fully saturated rings. The lowest BCUT2D eigenvalue weighted by Crippen LogP contribution is -2.50. The molecule has 2 amide bonds. The van der Waals surface area contributed by atoms with Gasteiger partial charge in [-0.05, 0) is 48.9 Å². The van der Waals surface area contributed by atoms with Crippen molar-refractivity contribution in [2.75, 3.05) is 79.4 Å². The standard InChI is InChI=1S/C29H40N4O8S/c1-23(29(35)30-11-12-31-13-17-39-18-14-31)33(21-24-3-5-25(38-2)6-4-24)28(34)22-41-26-7-9-27(10-8-26)42(36,37)32-15-19-40-20-16-32/h3-10,23H,11-22H2,1-2H3,(H,30,35)/t23-/m0/s1. The third-order valence-corrected chi connectivity index (χ3v) is 9.22. The molecule has 2 aliphatic heterocycles. The molecule has 13 heteroatoms. The van der Waals surface area contributed by atoms with Gasteiger partial charge in [0, 0.05) is 45.8 Å². The molecule has 230 valence electrons. The third-order valence-electron chi connectivity index (χ3n) is 7.30. The maximum atomic E-state index is 13.4. The summed E-state index contributed by atoms with van der Waals surface area (Å²) in [4.78, 5) is 30.3. The molecule has 2 aliphatic rings. The molecule has 12 nitrogen and oxygen atoms in total. The molecule has 2 saturated heterocycles. The lowest BCUT2D eigenvalue weighted by Gasteiger charge is -2.30. The van der Waals surface area contributed by atoms with E-state index in [4.69, 9.17) is 18.9 Å². The van der Waals surface area contributed by atoms with Crippen LogP contribution in [0.25, 0.3) is 0 Å². The van der Waals surface area contributed by atoms with Gasteiger partial charge in [-0.15, -0.1) is 0 Å². The summed E-state index contributed by atoms with van der Waals surface area (Å²) in [5.74, 6) is 0.388. The van der Waals surface area contributed by atoms with E-state index in [0.29, 0.717) is 64.1 Å². The first-order valence-corrected chi connectivity index (χ1v) is 15.5. The number of benzene rings is 2. The predicted octanol–water partition coefficient (Wildman–Crippen LogP) is 0.961. The van der Waals surface area contributed by atoms with Crippen molar-refractivity contribution >= 4 is 21.8 Å². The summed E-state index contributed by atoms with van der Waals surface area (Å²) < 4.78 is 48.7. The fraction of sp³-hybridized carbons (Fsp3) is 0.517. The van der Waals surface area contributed by atoms with Gasteiger partial charge in [-0.25, -0.2) is 8.42 Å². The van der Waals surface area contributed by atoms with Gasteiger partial charge < -0.3 is 29.2 Å². The maximum absolute atomic E-state index is 13.4. The van der Waals surface area contributed by atoms with Gasteiger partial charge in [-0.3, -0.25) is 14.5 Å². The highest BCUT2D eigenvalue weighted by atomic mass is 32.2. The Bertz CT molecular complexity index is 1260. The molecule has 0 spiro atoms. The Morgan fingerprint density at radius 3 is 2.14 bits per heavy atom. The monoisotopic (exact) mass is 604 g/mol. The Kier molecular flexibility index (Phi) is 11.5. The van der Waals surface area contributed by atoms with E-state index in [1.807, 2.05) is 12.1 Å². The van der Waals surface area contributed by atoms with Crippen molar-refractivity contribution in [3.05, 3.63) is 54.1 Å². The van der Waals surface area contributed by atoms with Crippen LogP contribution in [-0.4, -0.2) is 120 Å². The van der Waals surface area contributed by atoms with Crippen molar-refractivity contribution in [1.82, 2.24) is 19.4 Å². The average Bonchev–Trinajstić information content (AvgIpc) is 3.03.